The Hall–Kier alpha value is -2.01. The van der Waals surface area contributed by atoms with Crippen LogP contribution in [0, 0.1) is 6.92 Å². The van der Waals surface area contributed by atoms with Gasteiger partial charge in [0.1, 0.15) is 0 Å². The number of hydrogen-bond donors (Lipinski definition) is 0. The van der Waals surface area contributed by atoms with E-state index in [9.17, 15) is 4.79 Å². The van der Waals surface area contributed by atoms with E-state index in [1.165, 1.54) is 0 Å². The standard InChI is InChI=1S/C15H12BrN3O/c1-10-4-11(7-17-6-10)8-19-9-18-14-5-12(16)2-3-13(14)15(19)20/h2-7,9H,8H2,1H3. The zero-order chi connectivity index (χ0) is 14.1. The number of rotatable bonds is 2. The van der Waals surface area contributed by atoms with E-state index in [0.29, 0.717) is 17.4 Å². The summed E-state index contributed by atoms with van der Waals surface area (Å²) in [6.07, 6.45) is 5.15. The molecule has 5 heteroatoms. The van der Waals surface area contributed by atoms with Crippen LogP contribution in [0.2, 0.25) is 0 Å². The molecule has 0 bridgehead atoms. The largest absolute Gasteiger partial charge is 0.294 e. The third kappa shape index (κ3) is 2.49. The second-order valence-electron chi connectivity index (χ2n) is 4.71. The van der Waals surface area contributed by atoms with E-state index in [4.69, 9.17) is 0 Å². The van der Waals surface area contributed by atoms with Crippen LogP contribution in [0.1, 0.15) is 11.1 Å². The summed E-state index contributed by atoms with van der Waals surface area (Å²) in [6, 6.07) is 7.50. The summed E-state index contributed by atoms with van der Waals surface area (Å²) in [5.41, 5.74) is 2.73. The Kier molecular flexibility index (Phi) is 3.36. The summed E-state index contributed by atoms with van der Waals surface area (Å²) in [6.45, 7) is 2.46. The van der Waals surface area contributed by atoms with Crippen molar-refractivity contribution in [1.82, 2.24) is 14.5 Å². The van der Waals surface area contributed by atoms with E-state index in [1.807, 2.05) is 25.1 Å². The summed E-state index contributed by atoms with van der Waals surface area (Å²) < 4.78 is 2.52. The Labute approximate surface area is 124 Å². The van der Waals surface area contributed by atoms with Gasteiger partial charge in [-0.3, -0.25) is 14.3 Å². The average Bonchev–Trinajstić information content (AvgIpc) is 2.42. The van der Waals surface area contributed by atoms with Crippen LogP contribution in [0.5, 0.6) is 0 Å². The lowest BCUT2D eigenvalue weighted by Gasteiger charge is -2.07. The van der Waals surface area contributed by atoms with Crippen molar-refractivity contribution in [2.45, 2.75) is 13.5 Å². The molecular weight excluding hydrogens is 318 g/mol. The molecular formula is C15H12BrN3O. The van der Waals surface area contributed by atoms with Crippen LogP contribution in [-0.2, 0) is 6.54 Å². The van der Waals surface area contributed by atoms with Crippen molar-refractivity contribution in [3.8, 4) is 0 Å². The molecule has 0 aliphatic rings. The van der Waals surface area contributed by atoms with Gasteiger partial charge in [0.25, 0.3) is 5.56 Å². The molecule has 0 aliphatic carbocycles. The predicted octanol–water partition coefficient (Wildman–Crippen LogP) is 2.91. The van der Waals surface area contributed by atoms with Crippen molar-refractivity contribution < 1.29 is 0 Å². The number of nitrogens with zero attached hydrogens (tertiary/aromatic N) is 3. The normalized spacial score (nSPS) is 10.9. The first-order valence-corrected chi connectivity index (χ1v) is 6.98. The Morgan fingerprint density at radius 3 is 2.90 bits per heavy atom. The molecule has 4 nitrogen and oxygen atoms in total. The molecule has 0 saturated carbocycles. The fraction of sp³-hybridized carbons (Fsp3) is 0.133. The van der Waals surface area contributed by atoms with Crippen molar-refractivity contribution >= 4 is 26.8 Å². The molecule has 3 rings (SSSR count). The van der Waals surface area contributed by atoms with Gasteiger partial charge in [-0.2, -0.15) is 0 Å². The van der Waals surface area contributed by atoms with Crippen LogP contribution in [0.25, 0.3) is 10.9 Å². The van der Waals surface area contributed by atoms with Gasteiger partial charge in [-0.05, 0) is 36.2 Å². The Morgan fingerprint density at radius 1 is 1.25 bits per heavy atom. The van der Waals surface area contributed by atoms with E-state index >= 15 is 0 Å². The van der Waals surface area contributed by atoms with Crippen LogP contribution in [-0.4, -0.2) is 14.5 Å². The second-order valence-corrected chi connectivity index (χ2v) is 5.63. The zero-order valence-corrected chi connectivity index (χ0v) is 12.5. The molecule has 0 radical (unpaired) electrons. The van der Waals surface area contributed by atoms with Crippen LogP contribution in [0.4, 0.5) is 0 Å². The maximum atomic E-state index is 12.4. The fourth-order valence-electron chi connectivity index (χ4n) is 2.14. The molecule has 0 N–H and O–H groups in total. The molecule has 0 saturated heterocycles. The van der Waals surface area contributed by atoms with Gasteiger partial charge in [-0.15, -0.1) is 0 Å². The van der Waals surface area contributed by atoms with Crippen molar-refractivity contribution in [3.05, 3.63) is 68.9 Å². The highest BCUT2D eigenvalue weighted by Gasteiger charge is 2.05. The van der Waals surface area contributed by atoms with E-state index in [0.717, 1.165) is 15.6 Å². The third-order valence-electron chi connectivity index (χ3n) is 3.07. The molecule has 0 spiro atoms. The molecule has 2 aromatic heterocycles. The third-order valence-corrected chi connectivity index (χ3v) is 3.57. The molecule has 0 fully saturated rings. The molecule has 20 heavy (non-hydrogen) atoms. The van der Waals surface area contributed by atoms with Crippen LogP contribution in [0.3, 0.4) is 0 Å². The first-order valence-electron chi connectivity index (χ1n) is 6.19. The minimum Gasteiger partial charge on any atom is -0.294 e. The lowest BCUT2D eigenvalue weighted by Crippen LogP contribution is -2.21. The first kappa shape index (κ1) is 13.0. The molecule has 0 aliphatic heterocycles. The minimum absolute atomic E-state index is 0.0380. The molecule has 0 amide bonds. The number of hydrogen-bond acceptors (Lipinski definition) is 3. The number of pyridine rings is 1. The Balaban J connectivity index is 2.07. The molecule has 2 heterocycles. The van der Waals surface area contributed by atoms with Crippen molar-refractivity contribution in [2.24, 2.45) is 0 Å². The van der Waals surface area contributed by atoms with Crippen LogP contribution < -0.4 is 5.56 Å². The van der Waals surface area contributed by atoms with Gasteiger partial charge in [-0.25, -0.2) is 4.98 Å². The highest BCUT2D eigenvalue weighted by atomic mass is 79.9. The predicted molar refractivity (Wildman–Crippen MR) is 81.8 cm³/mol. The van der Waals surface area contributed by atoms with Gasteiger partial charge in [0.2, 0.25) is 0 Å². The number of fused-ring (bicyclic) bond motifs is 1. The summed E-state index contributed by atoms with van der Waals surface area (Å²) in [5.74, 6) is 0. The molecule has 1 aromatic carbocycles. The van der Waals surface area contributed by atoms with Crippen molar-refractivity contribution in [2.75, 3.05) is 0 Å². The maximum absolute atomic E-state index is 12.4. The summed E-state index contributed by atoms with van der Waals surface area (Å²) in [4.78, 5) is 20.9. The zero-order valence-electron chi connectivity index (χ0n) is 10.9. The van der Waals surface area contributed by atoms with E-state index < -0.39 is 0 Å². The van der Waals surface area contributed by atoms with Gasteiger partial charge in [0.15, 0.2) is 0 Å². The van der Waals surface area contributed by atoms with Crippen molar-refractivity contribution in [1.29, 1.82) is 0 Å². The Morgan fingerprint density at radius 2 is 2.10 bits per heavy atom. The summed E-state index contributed by atoms with van der Waals surface area (Å²) in [5, 5.41) is 0.622. The van der Waals surface area contributed by atoms with Gasteiger partial charge < -0.3 is 0 Å². The minimum atomic E-state index is -0.0380. The fourth-order valence-corrected chi connectivity index (χ4v) is 2.49. The number of benzene rings is 1. The smallest absolute Gasteiger partial charge is 0.261 e. The topological polar surface area (TPSA) is 47.8 Å². The summed E-state index contributed by atoms with van der Waals surface area (Å²) >= 11 is 3.38. The highest BCUT2D eigenvalue weighted by molar-refractivity contribution is 9.10. The number of aromatic nitrogens is 3. The van der Waals surface area contributed by atoms with E-state index in [1.54, 1.807) is 29.4 Å². The van der Waals surface area contributed by atoms with Crippen LogP contribution >= 0.6 is 15.9 Å². The lowest BCUT2D eigenvalue weighted by molar-refractivity contribution is 0.744. The quantitative estimate of drug-likeness (QED) is 0.726. The number of aryl methyl sites for hydroxylation is 1. The monoisotopic (exact) mass is 329 g/mol. The maximum Gasteiger partial charge on any atom is 0.261 e. The SMILES string of the molecule is Cc1cncc(Cn2cnc3cc(Br)ccc3c2=O)c1. The number of halogens is 1. The molecule has 100 valence electrons. The van der Waals surface area contributed by atoms with Gasteiger partial charge in [0, 0.05) is 16.9 Å². The first-order chi connectivity index (χ1) is 9.63. The molecule has 3 aromatic rings. The van der Waals surface area contributed by atoms with Crippen LogP contribution in [0.15, 0.2) is 52.3 Å². The second kappa shape index (κ2) is 5.17. The molecule has 0 unspecified atom stereocenters. The van der Waals surface area contributed by atoms with Gasteiger partial charge >= 0.3 is 0 Å². The van der Waals surface area contributed by atoms with E-state index in [-0.39, 0.29) is 5.56 Å². The van der Waals surface area contributed by atoms with Crippen molar-refractivity contribution in [3.63, 3.8) is 0 Å². The average molecular weight is 330 g/mol. The highest BCUT2D eigenvalue weighted by Crippen LogP contribution is 2.15. The molecule has 0 atom stereocenters. The Bertz CT molecular complexity index is 842. The lowest BCUT2D eigenvalue weighted by atomic mass is 10.2. The van der Waals surface area contributed by atoms with E-state index in [2.05, 4.69) is 25.9 Å². The van der Waals surface area contributed by atoms with Gasteiger partial charge in [0.05, 0.1) is 23.8 Å². The van der Waals surface area contributed by atoms with Gasteiger partial charge in [-0.1, -0.05) is 22.0 Å². The summed E-state index contributed by atoms with van der Waals surface area (Å²) in [7, 11) is 0.